The van der Waals surface area contributed by atoms with Gasteiger partial charge in [0.15, 0.2) is 0 Å². The van der Waals surface area contributed by atoms with Crippen LogP contribution in [-0.4, -0.2) is 4.57 Å². The second-order valence-corrected chi connectivity index (χ2v) is 13.2. The SMILES string of the molecule is c1ccc(-n2c3ccccc3c3cc(-c4ccc5c(c4)-c4ccccc4CC(c4ccc6oc7ccccc7c6c4)CC5)ccc32)cc1. The summed E-state index contributed by atoms with van der Waals surface area (Å²) >= 11 is 0. The van der Waals surface area contributed by atoms with Crippen molar-refractivity contribution < 1.29 is 4.42 Å². The summed E-state index contributed by atoms with van der Waals surface area (Å²) in [4.78, 5) is 0. The number of rotatable bonds is 3. The lowest BCUT2D eigenvalue weighted by Gasteiger charge is -2.25. The van der Waals surface area contributed by atoms with Gasteiger partial charge in [-0.2, -0.15) is 0 Å². The molecule has 2 nitrogen and oxygen atoms in total. The van der Waals surface area contributed by atoms with Crippen molar-refractivity contribution in [3.8, 4) is 27.9 Å². The number of fused-ring (bicyclic) bond motifs is 9. The molecule has 48 heavy (non-hydrogen) atoms. The minimum absolute atomic E-state index is 0.432. The van der Waals surface area contributed by atoms with E-state index in [9.17, 15) is 0 Å². The highest BCUT2D eigenvalue weighted by atomic mass is 16.3. The largest absolute Gasteiger partial charge is 0.456 e. The van der Waals surface area contributed by atoms with E-state index in [0.717, 1.165) is 30.4 Å². The normalized spacial score (nSPS) is 14.6. The fraction of sp³-hybridized carbons (Fsp3) is 0.0870. The maximum absolute atomic E-state index is 6.15. The van der Waals surface area contributed by atoms with Gasteiger partial charge in [0.2, 0.25) is 0 Å². The van der Waals surface area contributed by atoms with E-state index in [1.807, 2.05) is 6.07 Å². The molecule has 0 aliphatic heterocycles. The maximum Gasteiger partial charge on any atom is 0.135 e. The summed E-state index contributed by atoms with van der Waals surface area (Å²) in [5.74, 6) is 0.432. The first-order valence-electron chi connectivity index (χ1n) is 17.0. The van der Waals surface area contributed by atoms with Crippen molar-refractivity contribution in [1.29, 1.82) is 0 Å². The van der Waals surface area contributed by atoms with E-state index in [0.29, 0.717) is 5.92 Å². The minimum Gasteiger partial charge on any atom is -0.456 e. The van der Waals surface area contributed by atoms with Crippen LogP contribution in [0.25, 0.3) is 71.7 Å². The minimum atomic E-state index is 0.432. The predicted molar refractivity (Wildman–Crippen MR) is 200 cm³/mol. The van der Waals surface area contributed by atoms with Crippen LogP contribution in [0.5, 0.6) is 0 Å². The van der Waals surface area contributed by atoms with Crippen molar-refractivity contribution in [3.63, 3.8) is 0 Å². The smallest absolute Gasteiger partial charge is 0.135 e. The van der Waals surface area contributed by atoms with Gasteiger partial charge >= 0.3 is 0 Å². The van der Waals surface area contributed by atoms with Crippen molar-refractivity contribution >= 4 is 43.7 Å². The van der Waals surface area contributed by atoms with E-state index < -0.39 is 0 Å². The lowest BCUT2D eigenvalue weighted by atomic mass is 9.79. The summed E-state index contributed by atoms with van der Waals surface area (Å²) in [6.45, 7) is 0. The molecule has 0 N–H and O–H groups in total. The zero-order valence-corrected chi connectivity index (χ0v) is 26.6. The van der Waals surface area contributed by atoms with Gasteiger partial charge in [0.05, 0.1) is 11.0 Å². The number of nitrogens with zero attached hydrogens (tertiary/aromatic N) is 1. The molecule has 0 radical (unpaired) electrons. The van der Waals surface area contributed by atoms with Crippen LogP contribution >= 0.6 is 0 Å². The van der Waals surface area contributed by atoms with Crippen molar-refractivity contribution in [2.24, 2.45) is 0 Å². The summed E-state index contributed by atoms with van der Waals surface area (Å²) < 4.78 is 8.54. The second-order valence-electron chi connectivity index (χ2n) is 13.2. The Morgan fingerprint density at radius 3 is 2.15 bits per heavy atom. The van der Waals surface area contributed by atoms with Gasteiger partial charge in [-0.3, -0.25) is 0 Å². The van der Waals surface area contributed by atoms with Crippen LogP contribution in [0.3, 0.4) is 0 Å². The van der Waals surface area contributed by atoms with Gasteiger partial charge in [-0.15, -0.1) is 0 Å². The Morgan fingerprint density at radius 2 is 1.21 bits per heavy atom. The molecule has 0 amide bonds. The fourth-order valence-corrected chi connectivity index (χ4v) is 8.17. The molecule has 2 heterocycles. The Balaban J connectivity index is 1.05. The summed E-state index contributed by atoms with van der Waals surface area (Å²) in [5.41, 5.74) is 15.0. The molecule has 7 aromatic carbocycles. The summed E-state index contributed by atoms with van der Waals surface area (Å²) in [5, 5.41) is 4.97. The molecule has 228 valence electrons. The topological polar surface area (TPSA) is 18.1 Å². The van der Waals surface area contributed by atoms with Crippen LogP contribution in [0.4, 0.5) is 0 Å². The monoisotopic (exact) mass is 615 g/mol. The number of aryl methyl sites for hydroxylation is 1. The molecule has 1 aliphatic carbocycles. The molecular formula is C46H33NO. The molecule has 0 fully saturated rings. The van der Waals surface area contributed by atoms with Crippen molar-refractivity contribution in [2.45, 2.75) is 25.2 Å². The standard InChI is InChI=1S/C46H33NO/c1-2-11-36(12-3-1)47-43-16-8-6-14-38(43)41-28-33(22-24-44(41)47)32-21-19-30-18-20-31(26-35-10-4-5-13-37(35)40(30)27-32)34-23-25-46-42(29-34)39-15-7-9-17-45(39)48-46/h1-17,19,21-25,27-29,31H,18,20,26H2. The molecule has 9 aromatic rings. The zero-order valence-electron chi connectivity index (χ0n) is 26.6. The highest BCUT2D eigenvalue weighted by Crippen LogP contribution is 2.41. The molecular weight excluding hydrogens is 583 g/mol. The van der Waals surface area contributed by atoms with Crippen LogP contribution < -0.4 is 0 Å². The number of para-hydroxylation sites is 3. The van der Waals surface area contributed by atoms with Crippen molar-refractivity contribution in [2.75, 3.05) is 0 Å². The van der Waals surface area contributed by atoms with Crippen LogP contribution in [0.15, 0.2) is 162 Å². The van der Waals surface area contributed by atoms with Gasteiger partial charge in [0, 0.05) is 27.2 Å². The molecule has 1 atom stereocenters. The van der Waals surface area contributed by atoms with E-state index in [-0.39, 0.29) is 0 Å². The van der Waals surface area contributed by atoms with Crippen LogP contribution in [0.2, 0.25) is 0 Å². The first kappa shape index (κ1) is 27.3. The number of benzene rings is 7. The fourth-order valence-electron chi connectivity index (χ4n) is 8.17. The quantitative estimate of drug-likeness (QED) is 0.193. The van der Waals surface area contributed by atoms with E-state index in [1.165, 1.54) is 77.2 Å². The van der Waals surface area contributed by atoms with Crippen molar-refractivity contribution in [1.82, 2.24) is 4.57 Å². The van der Waals surface area contributed by atoms with Crippen LogP contribution in [-0.2, 0) is 12.8 Å². The maximum atomic E-state index is 6.15. The Morgan fingerprint density at radius 1 is 0.479 bits per heavy atom. The lowest BCUT2D eigenvalue weighted by Crippen LogP contribution is -2.09. The van der Waals surface area contributed by atoms with Gasteiger partial charge in [0.1, 0.15) is 11.2 Å². The highest BCUT2D eigenvalue weighted by molar-refractivity contribution is 6.10. The molecule has 0 spiro atoms. The average Bonchev–Trinajstić information content (AvgIpc) is 3.68. The second kappa shape index (κ2) is 10.9. The Hall–Kier alpha value is -5.86. The molecule has 0 saturated heterocycles. The first-order valence-corrected chi connectivity index (χ1v) is 17.0. The van der Waals surface area contributed by atoms with Gasteiger partial charge in [-0.05, 0) is 119 Å². The number of hydrogen-bond donors (Lipinski definition) is 0. The number of hydrogen-bond acceptors (Lipinski definition) is 1. The van der Waals surface area contributed by atoms with E-state index in [2.05, 4.69) is 156 Å². The molecule has 2 heteroatoms. The highest BCUT2D eigenvalue weighted by Gasteiger charge is 2.22. The lowest BCUT2D eigenvalue weighted by molar-refractivity contribution is 0.618. The van der Waals surface area contributed by atoms with Crippen molar-refractivity contribution in [3.05, 3.63) is 174 Å². The molecule has 2 aromatic heterocycles. The van der Waals surface area contributed by atoms with Gasteiger partial charge < -0.3 is 8.98 Å². The Kier molecular flexibility index (Phi) is 6.17. The third kappa shape index (κ3) is 4.33. The average molecular weight is 616 g/mol. The van der Waals surface area contributed by atoms with Gasteiger partial charge in [-0.25, -0.2) is 0 Å². The molecule has 0 bridgehead atoms. The predicted octanol–water partition coefficient (Wildman–Crippen LogP) is 12.3. The summed E-state index contributed by atoms with van der Waals surface area (Å²) in [6.07, 6.45) is 3.17. The van der Waals surface area contributed by atoms with Crippen LogP contribution in [0, 0.1) is 0 Å². The van der Waals surface area contributed by atoms with Gasteiger partial charge in [0.25, 0.3) is 0 Å². The number of aromatic nitrogens is 1. The van der Waals surface area contributed by atoms with Gasteiger partial charge in [-0.1, -0.05) is 103 Å². The van der Waals surface area contributed by atoms with E-state index >= 15 is 0 Å². The molecule has 0 saturated carbocycles. The van der Waals surface area contributed by atoms with E-state index in [1.54, 1.807) is 0 Å². The summed E-state index contributed by atoms with van der Waals surface area (Å²) in [7, 11) is 0. The number of furan rings is 1. The van der Waals surface area contributed by atoms with E-state index in [4.69, 9.17) is 4.42 Å². The Bertz CT molecular complexity index is 2660. The third-order valence-electron chi connectivity index (χ3n) is 10.5. The third-order valence-corrected chi connectivity index (χ3v) is 10.5. The molecule has 1 aliphatic rings. The molecule has 1 unspecified atom stereocenters. The van der Waals surface area contributed by atoms with Crippen LogP contribution in [0.1, 0.15) is 29.0 Å². The molecule has 10 rings (SSSR count). The summed E-state index contributed by atoms with van der Waals surface area (Å²) in [6, 6.07) is 57.8. The first-order chi connectivity index (χ1) is 23.8. The Labute approximate surface area is 279 Å². The zero-order chi connectivity index (χ0) is 31.6.